The number of amides is 1. The molecule has 0 aliphatic rings. The molecule has 0 atom stereocenters. The van der Waals surface area contributed by atoms with Crippen LogP contribution in [0.25, 0.3) is 0 Å². The van der Waals surface area contributed by atoms with Gasteiger partial charge in [-0.3, -0.25) is 10.1 Å². The lowest BCUT2D eigenvalue weighted by Crippen LogP contribution is -2.13. The lowest BCUT2D eigenvalue weighted by atomic mass is 10.1. The maximum absolute atomic E-state index is 13.3. The van der Waals surface area contributed by atoms with Crippen LogP contribution >= 0.6 is 11.3 Å². The molecule has 4 nitrogen and oxygen atoms in total. The molecule has 0 radical (unpaired) electrons. The fourth-order valence-corrected chi connectivity index (χ4v) is 2.27. The van der Waals surface area contributed by atoms with Gasteiger partial charge in [0.1, 0.15) is 5.82 Å². The van der Waals surface area contributed by atoms with Crippen LogP contribution in [0, 0.1) is 24.6 Å². The summed E-state index contributed by atoms with van der Waals surface area (Å²) < 4.78 is 13.3. The highest BCUT2D eigenvalue weighted by Crippen LogP contribution is 2.19. The van der Waals surface area contributed by atoms with Crippen LogP contribution in [0.1, 0.15) is 27.2 Å². The van der Waals surface area contributed by atoms with Gasteiger partial charge in [0.2, 0.25) is 0 Å². The second kappa shape index (κ2) is 6.97. The summed E-state index contributed by atoms with van der Waals surface area (Å²) in [7, 11) is 0. The van der Waals surface area contributed by atoms with Crippen molar-refractivity contribution in [3.05, 3.63) is 46.2 Å². The zero-order valence-electron chi connectivity index (χ0n) is 11.3. The molecule has 0 aliphatic heterocycles. The quantitative estimate of drug-likeness (QED) is 0.857. The average Bonchev–Trinajstić information content (AvgIpc) is 2.84. The maximum atomic E-state index is 13.3. The number of hydrogen-bond acceptors (Lipinski definition) is 4. The summed E-state index contributed by atoms with van der Waals surface area (Å²) in [5.74, 6) is 4.52. The Bertz CT molecular complexity index is 716. The van der Waals surface area contributed by atoms with E-state index in [4.69, 9.17) is 5.11 Å². The van der Waals surface area contributed by atoms with E-state index in [2.05, 4.69) is 22.1 Å². The highest BCUT2D eigenvalue weighted by Gasteiger charge is 2.13. The normalized spacial score (nSPS) is 9.86. The van der Waals surface area contributed by atoms with Gasteiger partial charge in [-0.25, -0.2) is 9.37 Å². The number of aliphatic hydroxyl groups excluding tert-OH is 1. The van der Waals surface area contributed by atoms with Crippen LogP contribution in [0.3, 0.4) is 0 Å². The molecule has 1 aromatic heterocycles. The van der Waals surface area contributed by atoms with Crippen LogP contribution in [-0.2, 0) is 0 Å². The zero-order chi connectivity index (χ0) is 15.2. The molecule has 0 spiro atoms. The fraction of sp³-hybridized carbons (Fsp3) is 0.200. The average molecular weight is 304 g/mol. The minimum atomic E-state index is -0.468. The molecule has 21 heavy (non-hydrogen) atoms. The number of carbonyl (C=O) groups is 1. The van der Waals surface area contributed by atoms with E-state index in [1.165, 1.54) is 29.5 Å². The van der Waals surface area contributed by atoms with Crippen molar-refractivity contribution in [2.24, 2.45) is 0 Å². The van der Waals surface area contributed by atoms with Crippen LogP contribution in [0.4, 0.5) is 9.52 Å². The Kier molecular flexibility index (Phi) is 5.04. The van der Waals surface area contributed by atoms with E-state index >= 15 is 0 Å². The summed E-state index contributed by atoms with van der Waals surface area (Å²) in [5.41, 5.74) is 0.559. The standard InChI is InChI=1S/C15H13FN2O2S/c1-10-9-17-15(21-10)18-14(20)13-6-5-12(16)8-11(13)4-2-3-7-19/h5-6,8-9,19H,3,7H2,1H3,(H,17,18,20). The Hall–Kier alpha value is -2.23. The van der Waals surface area contributed by atoms with E-state index in [1.807, 2.05) is 6.92 Å². The Labute approximate surface area is 125 Å². The number of rotatable bonds is 3. The molecule has 0 saturated carbocycles. The Balaban J connectivity index is 2.26. The highest BCUT2D eigenvalue weighted by molar-refractivity contribution is 7.15. The van der Waals surface area contributed by atoms with Gasteiger partial charge in [0, 0.05) is 23.1 Å². The number of thiazole rings is 1. The van der Waals surface area contributed by atoms with Crippen molar-refractivity contribution in [3.63, 3.8) is 0 Å². The van der Waals surface area contributed by atoms with Crippen molar-refractivity contribution >= 4 is 22.4 Å². The molecular formula is C15H13FN2O2S. The Morgan fingerprint density at radius 2 is 2.33 bits per heavy atom. The molecule has 1 heterocycles. The molecular weight excluding hydrogens is 291 g/mol. The number of nitrogens with zero attached hydrogens (tertiary/aromatic N) is 1. The number of nitrogens with one attached hydrogen (secondary N) is 1. The Morgan fingerprint density at radius 3 is 3.00 bits per heavy atom. The number of benzene rings is 1. The lowest BCUT2D eigenvalue weighted by Gasteiger charge is -2.04. The summed E-state index contributed by atoms with van der Waals surface area (Å²) in [5, 5.41) is 11.9. The predicted molar refractivity (Wildman–Crippen MR) is 79.8 cm³/mol. The zero-order valence-corrected chi connectivity index (χ0v) is 12.1. The minimum Gasteiger partial charge on any atom is -0.395 e. The first kappa shape index (κ1) is 15.2. The van der Waals surface area contributed by atoms with E-state index < -0.39 is 11.7 Å². The van der Waals surface area contributed by atoms with Crippen molar-refractivity contribution in [1.29, 1.82) is 0 Å². The maximum Gasteiger partial charge on any atom is 0.258 e. The molecule has 1 amide bonds. The van der Waals surface area contributed by atoms with Crippen molar-refractivity contribution < 1.29 is 14.3 Å². The van der Waals surface area contributed by atoms with Gasteiger partial charge in [-0.05, 0) is 25.1 Å². The van der Waals surface area contributed by atoms with Gasteiger partial charge in [-0.2, -0.15) is 0 Å². The monoisotopic (exact) mass is 304 g/mol. The fourth-order valence-electron chi connectivity index (χ4n) is 1.61. The lowest BCUT2D eigenvalue weighted by molar-refractivity contribution is 0.102. The van der Waals surface area contributed by atoms with E-state index in [0.29, 0.717) is 5.13 Å². The molecule has 2 aromatic rings. The molecule has 1 aromatic carbocycles. The van der Waals surface area contributed by atoms with Crippen molar-refractivity contribution in [1.82, 2.24) is 4.98 Å². The molecule has 0 fully saturated rings. The molecule has 2 N–H and O–H groups in total. The Morgan fingerprint density at radius 1 is 1.52 bits per heavy atom. The molecule has 0 unspecified atom stereocenters. The SMILES string of the molecule is Cc1cnc(NC(=O)c2ccc(F)cc2C#CCCO)s1. The topological polar surface area (TPSA) is 62.2 Å². The summed E-state index contributed by atoms with van der Waals surface area (Å²) in [6.07, 6.45) is 1.93. The number of hydrogen-bond donors (Lipinski definition) is 2. The number of anilines is 1. The first-order valence-corrected chi connectivity index (χ1v) is 7.05. The number of aryl methyl sites for hydroxylation is 1. The van der Waals surface area contributed by atoms with Gasteiger partial charge in [0.15, 0.2) is 5.13 Å². The largest absolute Gasteiger partial charge is 0.395 e. The smallest absolute Gasteiger partial charge is 0.258 e. The molecule has 6 heteroatoms. The van der Waals surface area contributed by atoms with E-state index in [-0.39, 0.29) is 24.2 Å². The summed E-state index contributed by atoms with van der Waals surface area (Å²) in [6, 6.07) is 3.79. The van der Waals surface area contributed by atoms with Gasteiger partial charge in [-0.15, -0.1) is 11.3 Å². The number of aliphatic hydroxyl groups is 1. The van der Waals surface area contributed by atoms with Crippen LogP contribution in [0.5, 0.6) is 0 Å². The van der Waals surface area contributed by atoms with Crippen molar-refractivity contribution in [3.8, 4) is 11.8 Å². The van der Waals surface area contributed by atoms with Gasteiger partial charge in [-0.1, -0.05) is 11.8 Å². The molecule has 2 rings (SSSR count). The molecule has 108 valence electrons. The van der Waals surface area contributed by atoms with Crippen molar-refractivity contribution in [2.75, 3.05) is 11.9 Å². The van der Waals surface area contributed by atoms with Crippen LogP contribution in [-0.4, -0.2) is 22.6 Å². The summed E-state index contributed by atoms with van der Waals surface area (Å²) in [4.78, 5) is 17.2. The van der Waals surface area contributed by atoms with E-state index in [0.717, 1.165) is 4.88 Å². The molecule has 0 bridgehead atoms. The number of aromatic nitrogens is 1. The highest BCUT2D eigenvalue weighted by atomic mass is 32.1. The summed E-state index contributed by atoms with van der Waals surface area (Å²) >= 11 is 1.36. The third-order valence-corrected chi connectivity index (χ3v) is 3.36. The third kappa shape index (κ3) is 4.12. The summed E-state index contributed by atoms with van der Waals surface area (Å²) in [6.45, 7) is 1.80. The van der Waals surface area contributed by atoms with Gasteiger partial charge >= 0.3 is 0 Å². The van der Waals surface area contributed by atoms with Gasteiger partial charge in [0.25, 0.3) is 5.91 Å². The van der Waals surface area contributed by atoms with E-state index in [1.54, 1.807) is 6.20 Å². The van der Waals surface area contributed by atoms with Crippen molar-refractivity contribution in [2.45, 2.75) is 13.3 Å². The van der Waals surface area contributed by atoms with Crippen LogP contribution in [0.2, 0.25) is 0 Å². The second-order valence-electron chi connectivity index (χ2n) is 4.20. The predicted octanol–water partition coefficient (Wildman–Crippen LogP) is 2.58. The molecule has 0 aliphatic carbocycles. The van der Waals surface area contributed by atoms with Gasteiger partial charge in [0.05, 0.1) is 12.2 Å². The first-order chi connectivity index (χ1) is 10.1. The van der Waals surface area contributed by atoms with Crippen LogP contribution < -0.4 is 5.32 Å². The number of halogens is 1. The number of carbonyl (C=O) groups excluding carboxylic acids is 1. The first-order valence-electron chi connectivity index (χ1n) is 6.23. The molecule has 0 saturated heterocycles. The second-order valence-corrected chi connectivity index (χ2v) is 5.43. The minimum absolute atomic E-state index is 0.0811. The van der Waals surface area contributed by atoms with E-state index in [9.17, 15) is 9.18 Å². The van der Waals surface area contributed by atoms with Crippen LogP contribution in [0.15, 0.2) is 24.4 Å². The van der Waals surface area contributed by atoms with Gasteiger partial charge < -0.3 is 5.11 Å². The third-order valence-electron chi connectivity index (χ3n) is 2.53.